The zero-order valence-corrected chi connectivity index (χ0v) is 9.76. The molecule has 0 aliphatic carbocycles. The summed E-state index contributed by atoms with van der Waals surface area (Å²) in [5.41, 5.74) is 8.36. The second-order valence-corrected chi connectivity index (χ2v) is 4.60. The van der Waals surface area contributed by atoms with Gasteiger partial charge in [-0.1, -0.05) is 29.8 Å². The van der Waals surface area contributed by atoms with Gasteiger partial charge in [0.25, 0.3) is 0 Å². The van der Waals surface area contributed by atoms with E-state index in [0.717, 1.165) is 19.5 Å². The molecule has 1 heterocycles. The maximum absolute atomic E-state index is 5.63. The number of benzene rings is 1. The molecule has 2 nitrogen and oxygen atoms in total. The molecule has 80 valence electrons. The Hall–Kier alpha value is -1.09. The highest BCUT2D eigenvalue weighted by Crippen LogP contribution is 2.27. The van der Waals surface area contributed by atoms with E-state index in [1.165, 1.54) is 11.1 Å². The van der Waals surface area contributed by atoms with E-state index in [1.54, 1.807) is 0 Å². The lowest BCUT2D eigenvalue weighted by Gasteiger charge is -2.16. The van der Waals surface area contributed by atoms with Crippen LogP contribution in [0.4, 0.5) is 0 Å². The smallest absolute Gasteiger partial charge is 0.166 e. The van der Waals surface area contributed by atoms with Crippen LogP contribution in [-0.4, -0.2) is 23.1 Å². The summed E-state index contributed by atoms with van der Waals surface area (Å²) >= 11 is 4.99. The molecule has 3 heteroatoms. The molecule has 0 spiro atoms. The summed E-state index contributed by atoms with van der Waals surface area (Å²) < 4.78 is 0. The van der Waals surface area contributed by atoms with Crippen LogP contribution in [0.1, 0.15) is 23.5 Å². The molecule has 1 aromatic rings. The second kappa shape index (κ2) is 4.19. The molecule has 0 radical (unpaired) electrons. The Morgan fingerprint density at radius 1 is 1.53 bits per heavy atom. The molecule has 0 saturated carbocycles. The summed E-state index contributed by atoms with van der Waals surface area (Å²) in [6, 6.07) is 8.70. The maximum atomic E-state index is 5.63. The van der Waals surface area contributed by atoms with Crippen molar-refractivity contribution in [3.8, 4) is 0 Å². The van der Waals surface area contributed by atoms with Gasteiger partial charge >= 0.3 is 0 Å². The summed E-state index contributed by atoms with van der Waals surface area (Å²) in [5, 5.41) is 0.533. The van der Waals surface area contributed by atoms with Crippen LogP contribution < -0.4 is 5.73 Å². The average molecular weight is 220 g/mol. The first-order valence-corrected chi connectivity index (χ1v) is 5.68. The van der Waals surface area contributed by atoms with Gasteiger partial charge in [-0.3, -0.25) is 0 Å². The summed E-state index contributed by atoms with van der Waals surface area (Å²) in [6.07, 6.45) is 1.15. The Kier molecular flexibility index (Phi) is 2.91. The fourth-order valence-corrected chi connectivity index (χ4v) is 2.32. The van der Waals surface area contributed by atoms with Crippen molar-refractivity contribution in [1.82, 2.24) is 4.90 Å². The minimum Gasteiger partial charge on any atom is -0.376 e. The number of rotatable bonds is 1. The molecule has 2 N–H and O–H groups in total. The van der Waals surface area contributed by atoms with Crippen LogP contribution in [0, 0.1) is 6.92 Å². The normalized spacial score (nSPS) is 20.6. The Labute approximate surface area is 96.1 Å². The maximum Gasteiger partial charge on any atom is 0.166 e. The molecule has 1 saturated heterocycles. The van der Waals surface area contributed by atoms with E-state index >= 15 is 0 Å². The lowest BCUT2D eigenvalue weighted by Crippen LogP contribution is -2.33. The molecule has 1 aliphatic rings. The van der Waals surface area contributed by atoms with Gasteiger partial charge in [0, 0.05) is 19.0 Å². The first-order valence-electron chi connectivity index (χ1n) is 5.28. The van der Waals surface area contributed by atoms with Crippen molar-refractivity contribution in [1.29, 1.82) is 0 Å². The van der Waals surface area contributed by atoms with E-state index in [-0.39, 0.29) is 0 Å². The average Bonchev–Trinajstić information content (AvgIpc) is 2.66. The standard InChI is InChI=1S/C12H16N2S/c1-9-3-2-4-10(7-9)11-5-6-14(8-11)12(13)15/h2-4,7,11H,5-6,8H2,1H3,(H2,13,15)/t11-/m1/s1. The Morgan fingerprint density at radius 2 is 2.33 bits per heavy atom. The highest BCUT2D eigenvalue weighted by molar-refractivity contribution is 7.80. The largest absolute Gasteiger partial charge is 0.376 e. The lowest BCUT2D eigenvalue weighted by atomic mass is 9.97. The quantitative estimate of drug-likeness (QED) is 0.734. The van der Waals surface area contributed by atoms with E-state index in [4.69, 9.17) is 18.0 Å². The van der Waals surface area contributed by atoms with Crippen LogP contribution in [0.3, 0.4) is 0 Å². The van der Waals surface area contributed by atoms with Gasteiger partial charge in [-0.05, 0) is 31.1 Å². The fraction of sp³-hybridized carbons (Fsp3) is 0.417. The molecule has 1 aromatic carbocycles. The van der Waals surface area contributed by atoms with E-state index < -0.39 is 0 Å². The van der Waals surface area contributed by atoms with Gasteiger partial charge in [0.05, 0.1) is 0 Å². The Morgan fingerprint density at radius 3 is 2.93 bits per heavy atom. The van der Waals surface area contributed by atoms with E-state index in [2.05, 4.69) is 36.1 Å². The van der Waals surface area contributed by atoms with Crippen molar-refractivity contribution in [2.45, 2.75) is 19.3 Å². The van der Waals surface area contributed by atoms with E-state index in [0.29, 0.717) is 11.0 Å². The molecule has 0 unspecified atom stereocenters. The molecule has 0 bridgehead atoms. The van der Waals surface area contributed by atoms with Crippen molar-refractivity contribution in [2.24, 2.45) is 5.73 Å². The van der Waals surface area contributed by atoms with Crippen molar-refractivity contribution in [2.75, 3.05) is 13.1 Å². The second-order valence-electron chi connectivity index (χ2n) is 4.18. The highest BCUT2D eigenvalue weighted by atomic mass is 32.1. The van der Waals surface area contributed by atoms with Crippen molar-refractivity contribution in [3.05, 3.63) is 35.4 Å². The first-order chi connectivity index (χ1) is 7.16. The van der Waals surface area contributed by atoms with Crippen LogP contribution in [0.25, 0.3) is 0 Å². The molecule has 0 aromatic heterocycles. The highest BCUT2D eigenvalue weighted by Gasteiger charge is 2.24. The van der Waals surface area contributed by atoms with Crippen molar-refractivity contribution < 1.29 is 0 Å². The molecule has 1 fully saturated rings. The van der Waals surface area contributed by atoms with Gasteiger partial charge in [0.1, 0.15) is 0 Å². The van der Waals surface area contributed by atoms with Crippen molar-refractivity contribution >= 4 is 17.3 Å². The van der Waals surface area contributed by atoms with Gasteiger partial charge in [-0.25, -0.2) is 0 Å². The molecular formula is C12H16N2S. The minimum atomic E-state index is 0.533. The topological polar surface area (TPSA) is 29.3 Å². The minimum absolute atomic E-state index is 0.533. The predicted octanol–water partition coefficient (Wildman–Crippen LogP) is 2.03. The number of hydrogen-bond acceptors (Lipinski definition) is 1. The van der Waals surface area contributed by atoms with Crippen molar-refractivity contribution in [3.63, 3.8) is 0 Å². The number of nitrogens with two attached hydrogens (primary N) is 1. The summed E-state index contributed by atoms with van der Waals surface area (Å²) in [7, 11) is 0. The lowest BCUT2D eigenvalue weighted by molar-refractivity contribution is 0.514. The van der Waals surface area contributed by atoms with Gasteiger partial charge < -0.3 is 10.6 Å². The van der Waals surface area contributed by atoms with Gasteiger partial charge in [-0.2, -0.15) is 0 Å². The van der Waals surface area contributed by atoms with E-state index in [1.807, 2.05) is 0 Å². The summed E-state index contributed by atoms with van der Waals surface area (Å²) in [6.45, 7) is 4.09. The van der Waals surface area contributed by atoms with Crippen LogP contribution >= 0.6 is 12.2 Å². The third-order valence-corrected chi connectivity index (χ3v) is 3.27. The molecule has 1 aliphatic heterocycles. The molecule has 15 heavy (non-hydrogen) atoms. The van der Waals surface area contributed by atoms with Crippen LogP contribution in [-0.2, 0) is 0 Å². The van der Waals surface area contributed by atoms with Crippen LogP contribution in [0.5, 0.6) is 0 Å². The number of thiocarbonyl (C=S) groups is 1. The first kappa shape index (κ1) is 10.4. The monoisotopic (exact) mass is 220 g/mol. The van der Waals surface area contributed by atoms with Gasteiger partial charge in [0.2, 0.25) is 0 Å². The third-order valence-electron chi connectivity index (χ3n) is 3.01. The predicted molar refractivity (Wildman–Crippen MR) is 66.9 cm³/mol. The molecule has 2 rings (SSSR count). The number of aryl methyl sites for hydroxylation is 1. The van der Waals surface area contributed by atoms with Crippen LogP contribution in [0.15, 0.2) is 24.3 Å². The zero-order chi connectivity index (χ0) is 10.8. The SMILES string of the molecule is Cc1cccc([C@@H]2CCN(C(N)=S)C2)c1. The Bertz CT molecular complexity index is 376. The number of nitrogens with zero attached hydrogens (tertiary/aromatic N) is 1. The number of hydrogen-bond donors (Lipinski definition) is 1. The zero-order valence-electron chi connectivity index (χ0n) is 8.94. The third kappa shape index (κ3) is 2.29. The van der Waals surface area contributed by atoms with Gasteiger partial charge in [0.15, 0.2) is 5.11 Å². The Balaban J connectivity index is 2.11. The summed E-state index contributed by atoms with van der Waals surface area (Å²) in [4.78, 5) is 2.09. The van der Waals surface area contributed by atoms with Crippen LogP contribution in [0.2, 0.25) is 0 Å². The molecule has 1 atom stereocenters. The molecule has 0 amide bonds. The van der Waals surface area contributed by atoms with Gasteiger partial charge in [-0.15, -0.1) is 0 Å². The molecular weight excluding hydrogens is 204 g/mol. The fourth-order valence-electron chi connectivity index (χ4n) is 2.16. The summed E-state index contributed by atoms with van der Waals surface area (Å²) in [5.74, 6) is 0.589. The number of likely N-dealkylation sites (tertiary alicyclic amines) is 1. The van der Waals surface area contributed by atoms with E-state index in [9.17, 15) is 0 Å².